The molecule has 0 aliphatic carbocycles. The molecule has 2 rings (SSSR count). The topological polar surface area (TPSA) is 66.8 Å². The third-order valence-corrected chi connectivity index (χ3v) is 6.03. The molecule has 0 aromatic heterocycles. The Kier molecular flexibility index (Phi) is 4.60. The molecule has 1 fully saturated rings. The highest BCUT2D eigenvalue weighted by Gasteiger charge is 2.32. The summed E-state index contributed by atoms with van der Waals surface area (Å²) in [6, 6.07) is 4.62. The average Bonchev–Trinajstić information content (AvgIpc) is 2.46. The van der Waals surface area contributed by atoms with Crippen LogP contribution in [-0.4, -0.2) is 38.0 Å². The average molecular weight is 313 g/mol. The highest BCUT2D eigenvalue weighted by atomic mass is 32.2. The molecule has 0 unspecified atom stereocenters. The van der Waals surface area contributed by atoms with Crippen molar-refractivity contribution in [1.29, 1.82) is 0 Å². The van der Waals surface area contributed by atoms with Gasteiger partial charge in [-0.3, -0.25) is 0 Å². The maximum atomic E-state index is 12.7. The Balaban J connectivity index is 2.28. The minimum absolute atomic E-state index is 0.197. The van der Waals surface area contributed by atoms with Crippen LogP contribution >= 0.6 is 0 Å². The van der Waals surface area contributed by atoms with Gasteiger partial charge in [-0.05, 0) is 36.5 Å². The fourth-order valence-electron chi connectivity index (χ4n) is 2.52. The molecule has 0 saturated carbocycles. The molecule has 6 heteroatoms. The van der Waals surface area contributed by atoms with Gasteiger partial charge in [0.15, 0.2) is 0 Å². The molecule has 1 aliphatic heterocycles. The Morgan fingerprint density at radius 3 is 2.43 bits per heavy atom. The van der Waals surface area contributed by atoms with Crippen LogP contribution in [0.3, 0.4) is 0 Å². The van der Waals surface area contributed by atoms with Crippen molar-refractivity contribution in [2.45, 2.75) is 38.2 Å². The smallest absolute Gasteiger partial charge is 0.243 e. The van der Waals surface area contributed by atoms with Crippen molar-refractivity contribution >= 4 is 10.0 Å². The lowest BCUT2D eigenvalue weighted by Gasteiger charge is -2.36. The Hall–Kier alpha value is -1.11. The van der Waals surface area contributed by atoms with E-state index in [-0.39, 0.29) is 16.9 Å². The molecule has 1 heterocycles. The minimum atomic E-state index is -3.50. The number of benzene rings is 1. The number of hydrogen-bond acceptors (Lipinski definition) is 4. The molecule has 0 amide bonds. The van der Waals surface area contributed by atoms with Gasteiger partial charge < -0.3 is 9.84 Å². The Morgan fingerprint density at radius 2 is 1.90 bits per heavy atom. The van der Waals surface area contributed by atoms with E-state index < -0.39 is 10.0 Å². The number of nitrogens with zero attached hydrogens (tertiary/aromatic N) is 1. The number of rotatable bonds is 4. The van der Waals surface area contributed by atoms with E-state index in [2.05, 4.69) is 13.8 Å². The molecular formula is C15H23NO4S. The highest BCUT2D eigenvalue weighted by molar-refractivity contribution is 7.89. The van der Waals surface area contributed by atoms with E-state index in [1.807, 2.05) is 0 Å². The number of hydrogen-bond donors (Lipinski definition) is 1. The van der Waals surface area contributed by atoms with Crippen LogP contribution in [0.5, 0.6) is 5.75 Å². The van der Waals surface area contributed by atoms with Crippen molar-refractivity contribution < 1.29 is 18.3 Å². The van der Waals surface area contributed by atoms with Gasteiger partial charge in [0.25, 0.3) is 0 Å². The molecule has 1 aromatic carbocycles. The second kappa shape index (κ2) is 5.94. The minimum Gasteiger partial charge on any atom is -0.496 e. The molecule has 1 aromatic rings. The summed E-state index contributed by atoms with van der Waals surface area (Å²) >= 11 is 0. The van der Waals surface area contributed by atoms with Crippen LogP contribution in [0.25, 0.3) is 0 Å². The van der Waals surface area contributed by atoms with E-state index in [4.69, 9.17) is 4.74 Å². The lowest BCUT2D eigenvalue weighted by molar-refractivity contribution is 0.196. The Morgan fingerprint density at radius 1 is 1.29 bits per heavy atom. The van der Waals surface area contributed by atoms with E-state index in [0.717, 1.165) is 12.8 Å². The molecule has 21 heavy (non-hydrogen) atoms. The van der Waals surface area contributed by atoms with Crippen LogP contribution in [0.15, 0.2) is 23.1 Å². The lowest BCUT2D eigenvalue weighted by atomic mass is 9.83. The molecule has 1 aliphatic rings. The molecule has 0 spiro atoms. The summed E-state index contributed by atoms with van der Waals surface area (Å²) in [6.07, 6.45) is 1.71. The first-order valence-electron chi connectivity index (χ1n) is 7.08. The largest absolute Gasteiger partial charge is 0.496 e. The Bertz CT molecular complexity index is 600. The number of aliphatic hydroxyl groups is 1. The van der Waals surface area contributed by atoms with Gasteiger partial charge in [0, 0.05) is 18.7 Å². The number of ether oxygens (including phenoxy) is 1. The SMILES string of the molecule is COc1ccc(S(=O)(=O)N2CCC(C)(C)CC2)cc1CO. The zero-order valence-electron chi connectivity index (χ0n) is 12.8. The first kappa shape index (κ1) is 16.3. The summed E-state index contributed by atoms with van der Waals surface area (Å²) in [5, 5.41) is 9.33. The molecule has 0 radical (unpaired) electrons. The quantitative estimate of drug-likeness (QED) is 0.923. The van der Waals surface area contributed by atoms with Gasteiger partial charge in [-0.1, -0.05) is 13.8 Å². The van der Waals surface area contributed by atoms with Gasteiger partial charge in [-0.25, -0.2) is 8.42 Å². The zero-order chi connectivity index (χ0) is 15.7. The van der Waals surface area contributed by atoms with Crippen molar-refractivity contribution in [2.75, 3.05) is 20.2 Å². The van der Waals surface area contributed by atoms with Crippen LogP contribution in [0, 0.1) is 5.41 Å². The van der Waals surface area contributed by atoms with Gasteiger partial charge >= 0.3 is 0 Å². The van der Waals surface area contributed by atoms with E-state index in [1.165, 1.54) is 23.5 Å². The van der Waals surface area contributed by atoms with E-state index in [9.17, 15) is 13.5 Å². The predicted molar refractivity (Wildman–Crippen MR) is 80.7 cm³/mol. The van der Waals surface area contributed by atoms with Gasteiger partial charge in [-0.2, -0.15) is 4.31 Å². The zero-order valence-corrected chi connectivity index (χ0v) is 13.6. The van der Waals surface area contributed by atoms with Crippen molar-refractivity contribution in [2.24, 2.45) is 5.41 Å². The van der Waals surface area contributed by atoms with Crippen LogP contribution in [0.2, 0.25) is 0 Å². The Labute approximate surface area is 126 Å². The first-order valence-corrected chi connectivity index (χ1v) is 8.52. The van der Waals surface area contributed by atoms with Crippen molar-refractivity contribution in [3.8, 4) is 5.75 Å². The van der Waals surface area contributed by atoms with Crippen molar-refractivity contribution in [3.63, 3.8) is 0 Å². The first-order chi connectivity index (χ1) is 9.80. The number of methoxy groups -OCH3 is 1. The number of aliphatic hydroxyl groups excluding tert-OH is 1. The van der Waals surface area contributed by atoms with Crippen LogP contribution < -0.4 is 4.74 Å². The summed E-state index contributed by atoms with van der Waals surface area (Å²) in [4.78, 5) is 0.215. The van der Waals surface area contributed by atoms with E-state index in [1.54, 1.807) is 6.07 Å². The summed E-state index contributed by atoms with van der Waals surface area (Å²) in [5.74, 6) is 0.497. The summed E-state index contributed by atoms with van der Waals surface area (Å²) in [5.41, 5.74) is 0.679. The summed E-state index contributed by atoms with van der Waals surface area (Å²) in [7, 11) is -2.01. The normalized spacial score (nSPS) is 19.4. The van der Waals surface area contributed by atoms with Gasteiger partial charge in [0.1, 0.15) is 5.75 Å². The number of sulfonamides is 1. The fraction of sp³-hybridized carbons (Fsp3) is 0.600. The summed E-state index contributed by atoms with van der Waals surface area (Å²) in [6.45, 7) is 5.15. The lowest BCUT2D eigenvalue weighted by Crippen LogP contribution is -2.41. The van der Waals surface area contributed by atoms with E-state index >= 15 is 0 Å². The van der Waals surface area contributed by atoms with Crippen LogP contribution in [-0.2, 0) is 16.6 Å². The molecule has 0 bridgehead atoms. The third kappa shape index (κ3) is 3.39. The van der Waals surface area contributed by atoms with Crippen molar-refractivity contribution in [3.05, 3.63) is 23.8 Å². The standard InChI is InChI=1S/C15H23NO4S/c1-15(2)6-8-16(9-7-15)21(18,19)13-4-5-14(20-3)12(10-13)11-17/h4-5,10,17H,6-9,11H2,1-3H3. The monoisotopic (exact) mass is 313 g/mol. The summed E-state index contributed by atoms with van der Waals surface area (Å²) < 4.78 is 32.0. The molecular weight excluding hydrogens is 290 g/mol. The second-order valence-electron chi connectivity index (χ2n) is 6.20. The molecule has 5 nitrogen and oxygen atoms in total. The molecule has 118 valence electrons. The maximum Gasteiger partial charge on any atom is 0.243 e. The molecule has 1 N–H and O–H groups in total. The molecule has 0 atom stereocenters. The molecule has 1 saturated heterocycles. The maximum absolute atomic E-state index is 12.7. The van der Waals surface area contributed by atoms with Crippen LogP contribution in [0.4, 0.5) is 0 Å². The predicted octanol–water partition coefficient (Wildman–Crippen LogP) is 2.00. The second-order valence-corrected chi connectivity index (χ2v) is 8.14. The number of piperidine rings is 1. The van der Waals surface area contributed by atoms with Crippen molar-refractivity contribution in [1.82, 2.24) is 4.31 Å². The van der Waals surface area contributed by atoms with Crippen LogP contribution in [0.1, 0.15) is 32.3 Å². The van der Waals surface area contributed by atoms with Gasteiger partial charge in [0.05, 0.1) is 18.6 Å². The third-order valence-electron chi connectivity index (χ3n) is 4.14. The fourth-order valence-corrected chi connectivity index (χ4v) is 4.01. The highest BCUT2D eigenvalue weighted by Crippen LogP contribution is 2.33. The van der Waals surface area contributed by atoms with Gasteiger partial charge in [-0.15, -0.1) is 0 Å². The van der Waals surface area contributed by atoms with E-state index in [0.29, 0.717) is 24.4 Å². The van der Waals surface area contributed by atoms with Gasteiger partial charge in [0.2, 0.25) is 10.0 Å².